The van der Waals surface area contributed by atoms with Crippen molar-refractivity contribution in [3.63, 3.8) is 0 Å². The lowest BCUT2D eigenvalue weighted by atomic mass is 10.3. The molecule has 1 aromatic rings. The minimum Gasteiger partial charge on any atom is -0.469 e. The van der Waals surface area contributed by atoms with Crippen LogP contribution in [-0.4, -0.2) is 58.0 Å². The molecule has 0 aromatic carbocycles. The zero-order valence-electron chi connectivity index (χ0n) is 12.0. The maximum Gasteiger partial charge on any atom is 0.307 e. The summed E-state index contributed by atoms with van der Waals surface area (Å²) in [7, 11) is 3.34. The number of pyridine rings is 1. The first-order valence-corrected chi connectivity index (χ1v) is 6.77. The van der Waals surface area contributed by atoms with Crippen LogP contribution in [0.1, 0.15) is 6.42 Å². The van der Waals surface area contributed by atoms with Gasteiger partial charge in [0.05, 0.1) is 38.6 Å². The van der Waals surface area contributed by atoms with E-state index < -0.39 is 0 Å². The second-order valence-electron chi connectivity index (χ2n) is 4.72. The third-order valence-corrected chi connectivity index (χ3v) is 3.39. The van der Waals surface area contributed by atoms with Crippen LogP contribution in [-0.2, 0) is 14.3 Å². The van der Waals surface area contributed by atoms with Crippen LogP contribution in [0.5, 0.6) is 0 Å². The van der Waals surface area contributed by atoms with Gasteiger partial charge < -0.3 is 19.3 Å². The average Bonchev–Trinajstić information content (AvgIpc) is 2.53. The summed E-state index contributed by atoms with van der Waals surface area (Å²) in [4.78, 5) is 19.8. The number of methoxy groups -OCH3 is 1. The Balaban J connectivity index is 1.91. The van der Waals surface area contributed by atoms with E-state index in [1.165, 1.54) is 7.11 Å². The molecule has 0 atom stereocenters. The van der Waals surface area contributed by atoms with E-state index in [9.17, 15) is 4.79 Å². The molecule has 0 radical (unpaired) electrons. The molecule has 2 heterocycles. The number of rotatable bonds is 5. The smallest absolute Gasteiger partial charge is 0.307 e. The molecule has 6 nitrogen and oxygen atoms in total. The molecule has 110 valence electrons. The number of hydrogen-bond donors (Lipinski definition) is 0. The molecule has 0 amide bonds. The molecular formula is C14H21N3O3. The second-order valence-corrected chi connectivity index (χ2v) is 4.72. The van der Waals surface area contributed by atoms with Gasteiger partial charge in [0.15, 0.2) is 0 Å². The van der Waals surface area contributed by atoms with E-state index in [-0.39, 0.29) is 5.97 Å². The topological polar surface area (TPSA) is 54.9 Å². The van der Waals surface area contributed by atoms with Crippen molar-refractivity contribution >= 4 is 17.5 Å². The van der Waals surface area contributed by atoms with Crippen LogP contribution in [0.3, 0.4) is 0 Å². The third kappa shape index (κ3) is 3.84. The standard InChI is InChI=1S/C14H21N3O3/c1-16(6-5-14(18)19-2)12-3-4-13(15-11-12)17-7-9-20-10-8-17/h3-4,11H,5-10H2,1-2H3. The number of esters is 1. The van der Waals surface area contributed by atoms with Gasteiger partial charge in [0, 0.05) is 26.7 Å². The van der Waals surface area contributed by atoms with Crippen LogP contribution in [0.15, 0.2) is 18.3 Å². The normalized spacial score (nSPS) is 15.0. The molecule has 0 aliphatic carbocycles. The highest BCUT2D eigenvalue weighted by Crippen LogP contribution is 2.17. The van der Waals surface area contributed by atoms with Gasteiger partial charge in [-0.15, -0.1) is 0 Å². The van der Waals surface area contributed by atoms with Crippen LogP contribution < -0.4 is 9.80 Å². The van der Waals surface area contributed by atoms with E-state index >= 15 is 0 Å². The molecule has 6 heteroatoms. The predicted molar refractivity (Wildman–Crippen MR) is 77.2 cm³/mol. The molecule has 2 rings (SSSR count). The Labute approximate surface area is 119 Å². The maximum atomic E-state index is 11.1. The van der Waals surface area contributed by atoms with Gasteiger partial charge in [-0.05, 0) is 12.1 Å². The fourth-order valence-corrected chi connectivity index (χ4v) is 2.07. The van der Waals surface area contributed by atoms with Crippen LogP contribution in [0.25, 0.3) is 0 Å². The Bertz CT molecular complexity index is 430. The number of anilines is 2. The van der Waals surface area contributed by atoms with Gasteiger partial charge in [0.2, 0.25) is 0 Å². The van der Waals surface area contributed by atoms with E-state index in [0.29, 0.717) is 13.0 Å². The van der Waals surface area contributed by atoms with Crippen molar-refractivity contribution < 1.29 is 14.3 Å². The summed E-state index contributed by atoms with van der Waals surface area (Å²) in [6, 6.07) is 4.03. The van der Waals surface area contributed by atoms with Crippen molar-refractivity contribution in [1.82, 2.24) is 4.98 Å². The minimum atomic E-state index is -0.199. The average molecular weight is 279 g/mol. The molecule has 0 bridgehead atoms. The Morgan fingerprint density at radius 1 is 1.45 bits per heavy atom. The number of hydrogen-bond acceptors (Lipinski definition) is 6. The summed E-state index contributed by atoms with van der Waals surface area (Å²) < 4.78 is 9.96. The summed E-state index contributed by atoms with van der Waals surface area (Å²) in [5.41, 5.74) is 0.992. The van der Waals surface area contributed by atoms with Gasteiger partial charge in [0.25, 0.3) is 0 Å². The Hall–Kier alpha value is -1.82. The molecule has 1 aliphatic heterocycles. The summed E-state index contributed by atoms with van der Waals surface area (Å²) >= 11 is 0. The van der Waals surface area contributed by atoms with Gasteiger partial charge in [-0.3, -0.25) is 4.79 Å². The molecule has 0 N–H and O–H groups in total. The number of nitrogens with zero attached hydrogens (tertiary/aromatic N) is 3. The lowest BCUT2D eigenvalue weighted by Gasteiger charge is -2.28. The van der Waals surface area contributed by atoms with Crippen LogP contribution in [0.2, 0.25) is 0 Å². The van der Waals surface area contributed by atoms with E-state index in [2.05, 4.69) is 14.6 Å². The molecule has 0 spiro atoms. The lowest BCUT2D eigenvalue weighted by molar-refractivity contribution is -0.140. The van der Waals surface area contributed by atoms with E-state index in [4.69, 9.17) is 4.74 Å². The predicted octanol–water partition coefficient (Wildman–Crippen LogP) is 0.917. The first-order chi connectivity index (χ1) is 9.70. The molecule has 0 unspecified atom stereocenters. The van der Waals surface area contributed by atoms with Crippen LogP contribution in [0, 0.1) is 0 Å². The first-order valence-electron chi connectivity index (χ1n) is 6.77. The molecule has 1 aromatic heterocycles. The van der Waals surface area contributed by atoms with E-state index in [1.807, 2.05) is 30.3 Å². The van der Waals surface area contributed by atoms with Crippen LogP contribution in [0.4, 0.5) is 11.5 Å². The summed E-state index contributed by atoms with van der Waals surface area (Å²) in [5.74, 6) is 0.771. The zero-order valence-corrected chi connectivity index (χ0v) is 12.0. The number of morpholine rings is 1. The highest BCUT2D eigenvalue weighted by Gasteiger charge is 2.12. The van der Waals surface area contributed by atoms with E-state index in [0.717, 1.165) is 37.8 Å². The van der Waals surface area contributed by atoms with Crippen molar-refractivity contribution in [2.45, 2.75) is 6.42 Å². The van der Waals surface area contributed by atoms with Crippen molar-refractivity contribution in [1.29, 1.82) is 0 Å². The van der Waals surface area contributed by atoms with Gasteiger partial charge >= 0.3 is 5.97 Å². The number of carbonyl (C=O) groups excluding carboxylic acids is 1. The summed E-state index contributed by atoms with van der Waals surface area (Å²) in [6.45, 7) is 3.88. The Kier molecular flexibility index (Phi) is 5.17. The van der Waals surface area contributed by atoms with Gasteiger partial charge in [-0.2, -0.15) is 0 Å². The molecule has 1 saturated heterocycles. The summed E-state index contributed by atoms with van der Waals surface area (Å²) in [6.07, 6.45) is 2.21. The number of aromatic nitrogens is 1. The van der Waals surface area contributed by atoms with Crippen molar-refractivity contribution in [2.24, 2.45) is 0 Å². The molecule has 20 heavy (non-hydrogen) atoms. The number of carbonyl (C=O) groups is 1. The van der Waals surface area contributed by atoms with Crippen molar-refractivity contribution in [2.75, 3.05) is 56.8 Å². The first kappa shape index (κ1) is 14.6. The van der Waals surface area contributed by atoms with E-state index in [1.54, 1.807) is 0 Å². The fourth-order valence-electron chi connectivity index (χ4n) is 2.07. The van der Waals surface area contributed by atoms with Gasteiger partial charge in [0.1, 0.15) is 5.82 Å². The Morgan fingerprint density at radius 3 is 2.80 bits per heavy atom. The Morgan fingerprint density at radius 2 is 2.20 bits per heavy atom. The highest BCUT2D eigenvalue weighted by molar-refractivity contribution is 5.70. The molecule has 1 fully saturated rings. The monoisotopic (exact) mass is 279 g/mol. The second kappa shape index (κ2) is 7.09. The molecule has 0 saturated carbocycles. The highest BCUT2D eigenvalue weighted by atomic mass is 16.5. The molecular weight excluding hydrogens is 258 g/mol. The largest absolute Gasteiger partial charge is 0.469 e. The maximum absolute atomic E-state index is 11.1. The third-order valence-electron chi connectivity index (χ3n) is 3.39. The SMILES string of the molecule is COC(=O)CCN(C)c1ccc(N2CCOCC2)nc1. The summed E-state index contributed by atoms with van der Waals surface area (Å²) in [5, 5.41) is 0. The van der Waals surface area contributed by atoms with Gasteiger partial charge in [-0.1, -0.05) is 0 Å². The van der Waals surface area contributed by atoms with Crippen molar-refractivity contribution in [3.8, 4) is 0 Å². The van der Waals surface area contributed by atoms with Crippen molar-refractivity contribution in [3.05, 3.63) is 18.3 Å². The van der Waals surface area contributed by atoms with Gasteiger partial charge in [-0.25, -0.2) is 4.98 Å². The quantitative estimate of drug-likeness (QED) is 0.747. The molecule has 1 aliphatic rings. The number of ether oxygens (including phenoxy) is 2. The fraction of sp³-hybridized carbons (Fsp3) is 0.571. The minimum absolute atomic E-state index is 0.199. The zero-order chi connectivity index (χ0) is 14.4. The van der Waals surface area contributed by atoms with Crippen LogP contribution >= 0.6 is 0 Å². The lowest BCUT2D eigenvalue weighted by Crippen LogP contribution is -2.36.